The van der Waals surface area contributed by atoms with Gasteiger partial charge in [-0.2, -0.15) is 39.5 Å². The largest absolute Gasteiger partial charge is 0.449 e. The van der Waals surface area contributed by atoms with E-state index in [2.05, 4.69) is 16.0 Å². The van der Waals surface area contributed by atoms with Gasteiger partial charge in [0.25, 0.3) is 35.5 Å². The third-order valence-electron chi connectivity index (χ3n) is 17.5. The highest BCUT2D eigenvalue weighted by atomic mass is 19.4. The Kier molecular flexibility index (Phi) is 18.2. The molecule has 30 heteroatoms. The summed E-state index contributed by atoms with van der Waals surface area (Å²) in [5.41, 5.74) is -2.92. The summed E-state index contributed by atoms with van der Waals surface area (Å²) in [7, 11) is 0. The second-order valence-electron chi connectivity index (χ2n) is 23.6. The summed E-state index contributed by atoms with van der Waals surface area (Å²) in [5, 5.41) is 26.7. The smallest absolute Gasteiger partial charge is 0.416 e. The number of ketones is 1. The fourth-order valence-corrected chi connectivity index (χ4v) is 12.7. The van der Waals surface area contributed by atoms with Crippen LogP contribution in [0.2, 0.25) is 0 Å². The van der Waals surface area contributed by atoms with Crippen LogP contribution in [0.25, 0.3) is 32.9 Å². The Balaban J connectivity index is 0.000000148. The third kappa shape index (κ3) is 14.1. The normalized spacial score (nSPS) is 21.9. The van der Waals surface area contributed by atoms with Crippen molar-refractivity contribution in [2.24, 2.45) is 17.8 Å². The van der Waals surface area contributed by atoms with Crippen LogP contribution in [-0.2, 0) is 23.3 Å². The number of anilines is 3. The zero-order valence-corrected chi connectivity index (χ0v) is 47.7. The Morgan fingerprint density at radius 2 is 0.667 bits per heavy atom. The number of carbonyl (C=O) groups excluding carboxylic acids is 4. The average Bonchev–Trinajstić information content (AvgIpc) is 1.61. The Hall–Kier alpha value is -7.37. The van der Waals surface area contributed by atoms with Crippen LogP contribution in [0.3, 0.4) is 0 Å². The van der Waals surface area contributed by atoms with E-state index in [1.165, 1.54) is 14.7 Å². The minimum atomic E-state index is -4.63. The van der Waals surface area contributed by atoms with Crippen molar-refractivity contribution in [2.45, 2.75) is 126 Å². The molecule has 490 valence electrons. The van der Waals surface area contributed by atoms with Crippen molar-refractivity contribution in [3.63, 3.8) is 0 Å². The molecule has 5 N–H and O–H groups in total. The monoisotopic (exact) mass is 1290 g/mol. The Labute approximate surface area is 502 Å². The number of alkyl halides is 15. The topological polar surface area (TPSA) is 194 Å². The summed E-state index contributed by atoms with van der Waals surface area (Å²) in [6.07, 6.45) is -12.9. The first-order chi connectivity index (χ1) is 42.2. The Morgan fingerprint density at radius 3 is 0.933 bits per heavy atom. The van der Waals surface area contributed by atoms with Gasteiger partial charge < -0.3 is 54.1 Å². The van der Waals surface area contributed by atoms with E-state index >= 15 is 26.3 Å². The van der Waals surface area contributed by atoms with Gasteiger partial charge in [0.1, 0.15) is 22.5 Å². The molecular formula is C60H61F15N6O9. The SMILES string of the molecule is O=C1CCC(C(F)(F)CN2CCNC(=O)c3oc4ccc(C(F)(F)F)cc4c32)CC1.O=C1NCCN(CC(F)(F)C2CCC(O)CC2)c2c1oc1ccc(C(F)(F)F)cc21.O=C1NCCN(CC(F)(F)C2CCC(O)CC2)c2c1oc1ccc(C(F)(F)F)cc21. The molecule has 3 aromatic carbocycles. The second-order valence-corrected chi connectivity index (χ2v) is 23.6. The maximum Gasteiger partial charge on any atom is 0.416 e. The molecule has 0 spiro atoms. The number of aliphatic hydroxyl groups is 2. The third-order valence-corrected chi connectivity index (χ3v) is 17.5. The van der Waals surface area contributed by atoms with Crippen LogP contribution in [0.5, 0.6) is 0 Å². The number of amides is 3. The summed E-state index contributed by atoms with van der Waals surface area (Å²) >= 11 is 0. The Morgan fingerprint density at radius 1 is 0.400 bits per heavy atom. The number of benzene rings is 3. The average molecular weight is 1300 g/mol. The molecule has 90 heavy (non-hydrogen) atoms. The number of nitrogens with one attached hydrogen (secondary N) is 3. The van der Waals surface area contributed by atoms with Gasteiger partial charge in [-0.25, -0.2) is 26.3 Å². The number of aliphatic hydroxyl groups excluding tert-OH is 2. The number of fused-ring (bicyclic) bond motifs is 9. The summed E-state index contributed by atoms with van der Waals surface area (Å²) < 4.78 is 225. The zero-order chi connectivity index (χ0) is 65.0. The van der Waals surface area contributed by atoms with E-state index < -0.39 is 120 Å². The van der Waals surface area contributed by atoms with Crippen LogP contribution < -0.4 is 30.7 Å². The van der Waals surface area contributed by atoms with Gasteiger partial charge in [-0.3, -0.25) is 19.2 Å². The van der Waals surface area contributed by atoms with Crippen LogP contribution in [0, 0.1) is 17.8 Å². The quantitative estimate of drug-likeness (QED) is 0.0861. The van der Waals surface area contributed by atoms with E-state index in [9.17, 15) is 68.9 Å². The van der Waals surface area contributed by atoms with E-state index in [0.29, 0.717) is 0 Å². The molecule has 12 rings (SSSR count). The number of rotatable bonds is 9. The molecular weight excluding hydrogens is 1230 g/mol. The molecule has 3 fully saturated rings. The predicted molar refractivity (Wildman–Crippen MR) is 295 cm³/mol. The van der Waals surface area contributed by atoms with Gasteiger partial charge in [-0.1, -0.05) is 0 Å². The molecule has 3 aliphatic heterocycles. The van der Waals surface area contributed by atoms with Gasteiger partial charge in [0.05, 0.1) is 65.6 Å². The van der Waals surface area contributed by atoms with Crippen LogP contribution in [0.4, 0.5) is 82.9 Å². The van der Waals surface area contributed by atoms with Gasteiger partial charge in [0.15, 0.2) is 0 Å². The molecule has 3 amide bonds. The first-order valence-corrected chi connectivity index (χ1v) is 29.2. The molecule has 3 aromatic heterocycles. The molecule has 0 radical (unpaired) electrons. The molecule has 3 saturated carbocycles. The lowest BCUT2D eigenvalue weighted by atomic mass is 9.83. The van der Waals surface area contributed by atoms with Crippen molar-refractivity contribution in [3.8, 4) is 0 Å². The van der Waals surface area contributed by atoms with E-state index in [1.807, 2.05) is 0 Å². The first kappa shape index (κ1) is 65.6. The second kappa shape index (κ2) is 25.0. The van der Waals surface area contributed by atoms with Gasteiger partial charge in [0.2, 0.25) is 17.3 Å². The number of furan rings is 3. The highest BCUT2D eigenvalue weighted by Crippen LogP contribution is 2.47. The lowest BCUT2D eigenvalue weighted by molar-refractivity contribution is -0.138. The van der Waals surface area contributed by atoms with E-state index in [4.69, 9.17) is 13.3 Å². The molecule has 3 aliphatic carbocycles. The van der Waals surface area contributed by atoms with Crippen LogP contribution in [-0.4, -0.2) is 123 Å². The molecule has 0 bridgehead atoms. The molecule has 6 heterocycles. The maximum atomic E-state index is 15.1. The highest BCUT2D eigenvalue weighted by molar-refractivity contribution is 6.09. The summed E-state index contributed by atoms with van der Waals surface area (Å²) in [6.45, 7) is -2.11. The molecule has 0 saturated heterocycles. The van der Waals surface area contributed by atoms with Crippen molar-refractivity contribution in [1.82, 2.24) is 16.0 Å². The zero-order valence-electron chi connectivity index (χ0n) is 47.7. The molecule has 0 unspecified atom stereocenters. The number of hydrogen-bond acceptors (Lipinski definition) is 12. The summed E-state index contributed by atoms with van der Waals surface area (Å²) in [4.78, 5) is 52.1. The fourth-order valence-electron chi connectivity index (χ4n) is 12.7. The number of Topliss-reactive ketones (excluding diaryl/α,β-unsaturated/α-hetero) is 1. The van der Waals surface area contributed by atoms with Crippen molar-refractivity contribution < 1.29 is 108 Å². The van der Waals surface area contributed by atoms with Crippen molar-refractivity contribution in [3.05, 3.63) is 88.6 Å². The Bertz CT molecular complexity index is 3470. The molecule has 0 atom stereocenters. The molecule has 6 aromatic rings. The lowest BCUT2D eigenvalue weighted by Gasteiger charge is -2.35. The number of hydrogen-bond donors (Lipinski definition) is 5. The molecule has 15 nitrogen and oxygen atoms in total. The minimum absolute atomic E-state index is 0.00849. The van der Waals surface area contributed by atoms with Gasteiger partial charge in [0, 0.05) is 86.0 Å². The fraction of sp³-hybridized carbons (Fsp3) is 0.533. The van der Waals surface area contributed by atoms with Crippen molar-refractivity contribution in [2.75, 3.05) is 73.6 Å². The van der Waals surface area contributed by atoms with E-state index in [-0.39, 0.29) is 189 Å². The van der Waals surface area contributed by atoms with Crippen LogP contribution in [0.1, 0.15) is 125 Å². The predicted octanol–water partition coefficient (Wildman–Crippen LogP) is 12.8. The minimum Gasteiger partial charge on any atom is -0.449 e. The van der Waals surface area contributed by atoms with Gasteiger partial charge in [-0.15, -0.1) is 0 Å². The maximum absolute atomic E-state index is 15.1. The van der Waals surface area contributed by atoms with Crippen LogP contribution >= 0.6 is 0 Å². The van der Waals surface area contributed by atoms with Crippen molar-refractivity contribution >= 4 is 73.5 Å². The standard InChI is InChI=1S/2C20H21F5N2O3.C20H19F5N2O3/c3*21-19(22,11-1-4-13(28)5-2-11)10-27-8-7-26-18(29)17-16(27)14-9-12(20(23,24)25)3-6-15(14)30-17/h2*3,6,9,11,13,28H,1-2,4-5,7-8,10H2,(H,26,29);3,6,9,11H,1-2,4-5,7-8,10H2,(H,26,29). The molecule has 6 aliphatic rings. The van der Waals surface area contributed by atoms with E-state index in [1.54, 1.807) is 0 Å². The number of halogens is 15. The van der Waals surface area contributed by atoms with Gasteiger partial charge in [-0.05, 0) is 119 Å². The number of nitrogens with zero attached hydrogens (tertiary/aromatic N) is 3. The number of carbonyl (C=O) groups is 4. The van der Waals surface area contributed by atoms with Gasteiger partial charge >= 0.3 is 18.5 Å². The van der Waals surface area contributed by atoms with Crippen molar-refractivity contribution in [1.29, 1.82) is 0 Å². The highest BCUT2D eigenvalue weighted by Gasteiger charge is 2.48. The summed E-state index contributed by atoms with van der Waals surface area (Å²) in [5.74, 6) is -15.2. The van der Waals surface area contributed by atoms with E-state index in [0.717, 1.165) is 54.6 Å². The first-order valence-electron chi connectivity index (χ1n) is 29.2. The van der Waals surface area contributed by atoms with Crippen LogP contribution in [0.15, 0.2) is 67.8 Å². The summed E-state index contributed by atoms with van der Waals surface area (Å²) in [6, 6.07) is 8.24. The lowest BCUT2D eigenvalue weighted by Crippen LogP contribution is -2.45.